The van der Waals surface area contributed by atoms with Gasteiger partial charge < -0.3 is 0 Å². The van der Waals surface area contributed by atoms with Crippen molar-refractivity contribution in [2.75, 3.05) is 9.96 Å². The first kappa shape index (κ1) is 18.5. The maximum absolute atomic E-state index is 13.5. The summed E-state index contributed by atoms with van der Waals surface area (Å²) in [4.78, 5) is 33.9. The highest BCUT2D eigenvalue weighted by atomic mass is 19.1. The largest absolute Gasteiger partial charge is 0.273 e. The highest BCUT2D eigenvalue weighted by Crippen LogP contribution is 2.47. The van der Waals surface area contributed by atoms with Crippen molar-refractivity contribution < 1.29 is 18.8 Å². The average molecular weight is 402 g/mol. The van der Waals surface area contributed by atoms with Gasteiger partial charge in [-0.3, -0.25) is 14.4 Å². The number of rotatable bonds is 3. The molecular weight excluding hydrogens is 383 g/mol. The Hall–Kier alpha value is -3.51. The van der Waals surface area contributed by atoms with Gasteiger partial charge in [0.25, 0.3) is 5.91 Å². The Bertz CT molecular complexity index is 1120. The van der Waals surface area contributed by atoms with Gasteiger partial charge in [0.2, 0.25) is 5.91 Å². The zero-order valence-corrected chi connectivity index (χ0v) is 16.2. The van der Waals surface area contributed by atoms with E-state index in [2.05, 4.69) is 0 Å². The molecule has 0 aliphatic carbocycles. The number of carbonyl (C=O) groups excluding carboxylic acids is 2. The maximum Gasteiger partial charge on any atom is 0.266 e. The van der Waals surface area contributed by atoms with Gasteiger partial charge in [-0.1, -0.05) is 42.5 Å². The topological polar surface area (TPSA) is 49.9 Å². The Morgan fingerprint density at radius 3 is 2.23 bits per heavy atom. The Morgan fingerprint density at radius 2 is 1.53 bits per heavy atom. The summed E-state index contributed by atoms with van der Waals surface area (Å²) in [5.74, 6) is -1.80. The third-order valence-electron chi connectivity index (χ3n) is 5.60. The van der Waals surface area contributed by atoms with Crippen LogP contribution in [0.5, 0.6) is 0 Å². The number of hydrogen-bond acceptors (Lipinski definition) is 4. The third-order valence-corrected chi connectivity index (χ3v) is 5.60. The molecule has 3 atom stereocenters. The summed E-state index contributed by atoms with van der Waals surface area (Å²) in [6.45, 7) is 1.91. The number of benzene rings is 3. The Morgan fingerprint density at radius 1 is 0.833 bits per heavy atom. The van der Waals surface area contributed by atoms with E-state index in [-0.39, 0.29) is 17.6 Å². The van der Waals surface area contributed by atoms with Crippen molar-refractivity contribution in [2.45, 2.75) is 19.1 Å². The van der Waals surface area contributed by atoms with Crippen molar-refractivity contribution in [3.8, 4) is 0 Å². The molecule has 2 fully saturated rings. The van der Waals surface area contributed by atoms with Gasteiger partial charge >= 0.3 is 0 Å². The van der Waals surface area contributed by atoms with E-state index in [1.54, 1.807) is 29.3 Å². The van der Waals surface area contributed by atoms with Crippen LogP contribution in [0.3, 0.4) is 0 Å². The van der Waals surface area contributed by atoms with Crippen molar-refractivity contribution in [3.05, 3.63) is 95.8 Å². The number of halogens is 1. The number of hydroxylamine groups is 1. The zero-order valence-electron chi connectivity index (χ0n) is 16.2. The Balaban J connectivity index is 1.59. The summed E-state index contributed by atoms with van der Waals surface area (Å²) in [5, 5.41) is 1.60. The molecule has 3 aromatic carbocycles. The number of amides is 2. The van der Waals surface area contributed by atoms with E-state index in [1.807, 2.05) is 49.4 Å². The van der Waals surface area contributed by atoms with Crippen LogP contribution < -0.4 is 9.96 Å². The van der Waals surface area contributed by atoms with E-state index in [1.165, 1.54) is 17.0 Å². The molecule has 5 nitrogen and oxygen atoms in total. The predicted octanol–water partition coefficient (Wildman–Crippen LogP) is 4.19. The second-order valence-corrected chi connectivity index (χ2v) is 7.56. The first-order valence-corrected chi connectivity index (χ1v) is 9.75. The molecule has 0 aromatic heterocycles. The number of nitrogens with zero attached hydrogens (tertiary/aromatic N) is 2. The predicted molar refractivity (Wildman–Crippen MR) is 110 cm³/mol. The number of imide groups is 1. The van der Waals surface area contributed by atoms with Gasteiger partial charge in [0.15, 0.2) is 6.10 Å². The smallest absolute Gasteiger partial charge is 0.266 e. The van der Waals surface area contributed by atoms with Crippen LogP contribution >= 0.6 is 0 Å². The first-order valence-electron chi connectivity index (χ1n) is 9.75. The number of para-hydroxylation sites is 1. The number of aryl methyl sites for hydroxylation is 1. The van der Waals surface area contributed by atoms with E-state index >= 15 is 0 Å². The maximum atomic E-state index is 13.5. The van der Waals surface area contributed by atoms with Crippen LogP contribution in [0.25, 0.3) is 0 Å². The fourth-order valence-electron chi connectivity index (χ4n) is 4.23. The molecular formula is C24H19FN2O3. The normalized spacial score (nSPS) is 23.2. The fourth-order valence-corrected chi connectivity index (χ4v) is 4.23. The molecule has 0 spiro atoms. The minimum atomic E-state index is -0.937. The van der Waals surface area contributed by atoms with Crippen molar-refractivity contribution in [1.82, 2.24) is 0 Å². The summed E-state index contributed by atoms with van der Waals surface area (Å²) in [7, 11) is 0. The molecule has 2 aliphatic rings. The molecule has 2 aliphatic heterocycles. The highest BCUT2D eigenvalue weighted by molar-refractivity contribution is 6.23. The lowest BCUT2D eigenvalue weighted by molar-refractivity contribution is -0.126. The summed E-state index contributed by atoms with van der Waals surface area (Å²) in [5.41, 5.74) is 2.92. The number of anilines is 2. The highest BCUT2D eigenvalue weighted by Gasteiger charge is 2.60. The molecule has 0 radical (unpaired) electrons. The van der Waals surface area contributed by atoms with E-state index in [9.17, 15) is 14.0 Å². The summed E-state index contributed by atoms with van der Waals surface area (Å²) in [6, 6.07) is 22.0. The van der Waals surface area contributed by atoms with Gasteiger partial charge in [0.1, 0.15) is 11.7 Å². The number of carbonyl (C=O) groups is 2. The fraction of sp³-hybridized carbons (Fsp3) is 0.167. The zero-order chi connectivity index (χ0) is 20.8. The van der Waals surface area contributed by atoms with Gasteiger partial charge in [0, 0.05) is 0 Å². The van der Waals surface area contributed by atoms with E-state index < -0.39 is 18.1 Å². The monoisotopic (exact) mass is 402 g/mol. The molecule has 0 saturated carbocycles. The Labute approximate surface area is 173 Å². The molecule has 6 heteroatoms. The molecule has 5 rings (SSSR count). The van der Waals surface area contributed by atoms with Crippen molar-refractivity contribution in [3.63, 3.8) is 0 Å². The Kier molecular flexibility index (Phi) is 4.37. The second-order valence-electron chi connectivity index (χ2n) is 7.56. The third kappa shape index (κ3) is 2.88. The van der Waals surface area contributed by atoms with Crippen molar-refractivity contribution in [1.29, 1.82) is 0 Å². The number of fused-ring (bicyclic) bond motifs is 1. The van der Waals surface area contributed by atoms with Crippen LogP contribution in [0.2, 0.25) is 0 Å². The quantitative estimate of drug-likeness (QED) is 0.617. The van der Waals surface area contributed by atoms with Crippen LogP contribution in [0.4, 0.5) is 15.8 Å². The van der Waals surface area contributed by atoms with Crippen LogP contribution in [-0.2, 0) is 14.4 Å². The minimum Gasteiger partial charge on any atom is -0.273 e. The summed E-state index contributed by atoms with van der Waals surface area (Å²) in [6.07, 6.45) is -0.937. The first-order chi connectivity index (χ1) is 14.5. The molecule has 30 heavy (non-hydrogen) atoms. The molecule has 2 heterocycles. The molecule has 150 valence electrons. The lowest BCUT2D eigenvalue weighted by Gasteiger charge is -2.28. The van der Waals surface area contributed by atoms with Gasteiger partial charge in [0.05, 0.1) is 17.4 Å². The molecule has 0 N–H and O–H groups in total. The van der Waals surface area contributed by atoms with Crippen LogP contribution in [0.1, 0.15) is 17.2 Å². The van der Waals surface area contributed by atoms with Gasteiger partial charge in [-0.25, -0.2) is 14.4 Å². The van der Waals surface area contributed by atoms with Gasteiger partial charge in [-0.15, -0.1) is 0 Å². The van der Waals surface area contributed by atoms with E-state index in [0.29, 0.717) is 11.3 Å². The van der Waals surface area contributed by atoms with E-state index in [4.69, 9.17) is 4.84 Å². The van der Waals surface area contributed by atoms with Gasteiger partial charge in [-0.05, 0) is 54.4 Å². The SMILES string of the molecule is Cc1cccc(N2C(=O)[C@H]3[C@@H](ON(c4ccccc4)[C@H]3c3ccc(F)cc3)C2=O)c1. The molecule has 0 bridgehead atoms. The molecule has 0 unspecified atom stereocenters. The molecule has 2 amide bonds. The van der Waals surface area contributed by atoms with Gasteiger partial charge in [-0.2, -0.15) is 0 Å². The van der Waals surface area contributed by atoms with Crippen molar-refractivity contribution in [2.24, 2.45) is 5.92 Å². The summed E-state index contributed by atoms with van der Waals surface area (Å²) >= 11 is 0. The summed E-state index contributed by atoms with van der Waals surface area (Å²) < 4.78 is 13.5. The lowest BCUT2D eigenvalue weighted by Crippen LogP contribution is -2.37. The van der Waals surface area contributed by atoms with Crippen molar-refractivity contribution >= 4 is 23.2 Å². The standard InChI is InChI=1S/C24H19FN2O3/c1-15-6-5-9-19(14-15)26-23(28)20-21(16-10-12-17(25)13-11-16)27(30-22(20)24(26)29)18-7-3-2-4-8-18/h2-14,20-22H,1H3/t20-,21+,22-/m1/s1. The number of hydrogen-bond donors (Lipinski definition) is 0. The van der Waals surface area contributed by atoms with Crippen LogP contribution in [-0.4, -0.2) is 17.9 Å². The van der Waals surface area contributed by atoms with Crippen LogP contribution in [0.15, 0.2) is 78.9 Å². The second kappa shape index (κ2) is 7.07. The molecule has 3 aromatic rings. The minimum absolute atomic E-state index is 0.316. The van der Waals surface area contributed by atoms with E-state index in [0.717, 1.165) is 11.3 Å². The lowest BCUT2D eigenvalue weighted by atomic mass is 9.90. The average Bonchev–Trinajstić information content (AvgIpc) is 3.26. The van der Waals surface area contributed by atoms with Crippen LogP contribution in [0, 0.1) is 18.7 Å². The molecule has 2 saturated heterocycles.